The zero-order valence-corrected chi connectivity index (χ0v) is 10.2. The van der Waals surface area contributed by atoms with Gasteiger partial charge in [-0.1, -0.05) is 15.9 Å². The second-order valence-electron chi connectivity index (χ2n) is 3.53. The molecular weight excluding hydrogens is 254 g/mol. The van der Waals surface area contributed by atoms with Crippen molar-refractivity contribution in [1.29, 1.82) is 0 Å². The first kappa shape index (κ1) is 11.5. The lowest BCUT2D eigenvalue weighted by molar-refractivity contribution is 0.521. The lowest BCUT2D eigenvalue weighted by Crippen LogP contribution is -2.29. The van der Waals surface area contributed by atoms with Crippen molar-refractivity contribution < 1.29 is 8.42 Å². The van der Waals surface area contributed by atoms with E-state index in [1.54, 1.807) is 6.92 Å². The summed E-state index contributed by atoms with van der Waals surface area (Å²) in [7, 11) is -2.99. The van der Waals surface area contributed by atoms with E-state index in [2.05, 4.69) is 20.7 Å². The van der Waals surface area contributed by atoms with Crippen molar-refractivity contribution >= 4 is 26.0 Å². The molecule has 78 valence electrons. The summed E-state index contributed by atoms with van der Waals surface area (Å²) in [5.74, 6) is 0.697. The average Bonchev–Trinajstić information content (AvgIpc) is 2.48. The van der Waals surface area contributed by atoms with E-state index in [9.17, 15) is 8.42 Å². The van der Waals surface area contributed by atoms with E-state index >= 15 is 0 Å². The first-order chi connectivity index (χ1) is 6.03. The largest absolute Gasteiger partial charge is 0.215 e. The normalized spacial score (nSPS) is 29.4. The molecule has 0 aromatic heterocycles. The van der Waals surface area contributed by atoms with Crippen molar-refractivity contribution in [3.8, 4) is 0 Å². The smallest absolute Gasteiger partial charge is 0.211 e. The minimum Gasteiger partial charge on any atom is -0.215 e. The Morgan fingerprint density at radius 3 is 2.62 bits per heavy atom. The van der Waals surface area contributed by atoms with Crippen LogP contribution in [-0.4, -0.2) is 25.5 Å². The highest BCUT2D eigenvalue weighted by molar-refractivity contribution is 9.09. The molecule has 1 fully saturated rings. The van der Waals surface area contributed by atoms with Crippen LogP contribution in [0.15, 0.2) is 0 Å². The summed E-state index contributed by atoms with van der Waals surface area (Å²) in [4.78, 5) is 0.587. The van der Waals surface area contributed by atoms with Gasteiger partial charge >= 0.3 is 0 Å². The molecule has 1 aliphatic carbocycles. The first-order valence-electron chi connectivity index (χ1n) is 4.65. The van der Waals surface area contributed by atoms with E-state index in [-0.39, 0.29) is 5.75 Å². The van der Waals surface area contributed by atoms with Crippen LogP contribution < -0.4 is 4.72 Å². The van der Waals surface area contributed by atoms with Gasteiger partial charge in [-0.05, 0) is 32.1 Å². The number of sulfonamides is 1. The molecule has 5 heteroatoms. The van der Waals surface area contributed by atoms with Crippen LogP contribution in [0.5, 0.6) is 0 Å². The van der Waals surface area contributed by atoms with Gasteiger partial charge in [0, 0.05) is 11.4 Å². The molecule has 0 bridgehead atoms. The molecule has 3 nitrogen and oxygen atoms in total. The maximum Gasteiger partial charge on any atom is 0.211 e. The minimum atomic E-state index is -2.99. The second kappa shape index (κ2) is 4.75. The Bertz CT molecular complexity index is 253. The van der Waals surface area contributed by atoms with Crippen LogP contribution in [0.3, 0.4) is 0 Å². The third kappa shape index (κ3) is 3.95. The standard InChI is InChI=1S/C8H16BrNO2S/c1-2-13(11,12)10-6-7-3-4-8(9)5-7/h7-8,10H,2-6H2,1H3. The maximum atomic E-state index is 11.1. The summed E-state index contributed by atoms with van der Waals surface area (Å²) < 4.78 is 24.9. The summed E-state index contributed by atoms with van der Waals surface area (Å²) >= 11 is 3.54. The SMILES string of the molecule is CCS(=O)(=O)NCC1CCC(Br)C1. The maximum absolute atomic E-state index is 11.1. The summed E-state index contributed by atoms with van der Waals surface area (Å²) in [5.41, 5.74) is 0. The molecule has 0 heterocycles. The van der Waals surface area contributed by atoms with Gasteiger partial charge in [0.2, 0.25) is 10.0 Å². The molecule has 2 atom stereocenters. The van der Waals surface area contributed by atoms with Crippen molar-refractivity contribution in [2.75, 3.05) is 12.3 Å². The average molecular weight is 270 g/mol. The minimum absolute atomic E-state index is 0.178. The second-order valence-corrected chi connectivity index (χ2v) is 6.92. The fraction of sp³-hybridized carbons (Fsp3) is 1.00. The summed E-state index contributed by atoms with van der Waals surface area (Å²) in [5, 5.41) is 0. The molecule has 1 N–H and O–H groups in total. The van der Waals surface area contributed by atoms with Crippen LogP contribution in [0.2, 0.25) is 0 Å². The number of hydrogen-bond donors (Lipinski definition) is 1. The van der Waals surface area contributed by atoms with E-state index in [0.717, 1.165) is 12.8 Å². The fourth-order valence-electron chi connectivity index (χ4n) is 1.55. The van der Waals surface area contributed by atoms with Gasteiger partial charge < -0.3 is 0 Å². The topological polar surface area (TPSA) is 46.2 Å². The Labute approximate surface area is 88.5 Å². The van der Waals surface area contributed by atoms with Crippen molar-refractivity contribution in [2.45, 2.75) is 31.0 Å². The number of halogens is 1. The first-order valence-corrected chi connectivity index (χ1v) is 7.21. The Hall–Kier alpha value is 0.390. The molecule has 0 aliphatic heterocycles. The number of nitrogens with one attached hydrogen (secondary N) is 1. The van der Waals surface area contributed by atoms with Crippen LogP contribution in [0.4, 0.5) is 0 Å². The number of alkyl halides is 1. The molecule has 0 aromatic carbocycles. The monoisotopic (exact) mass is 269 g/mol. The highest BCUT2D eigenvalue weighted by atomic mass is 79.9. The summed E-state index contributed by atoms with van der Waals surface area (Å²) in [6.07, 6.45) is 3.38. The zero-order valence-electron chi connectivity index (χ0n) is 7.79. The van der Waals surface area contributed by atoms with E-state index in [4.69, 9.17) is 0 Å². The van der Waals surface area contributed by atoms with Crippen molar-refractivity contribution in [3.05, 3.63) is 0 Å². The lowest BCUT2D eigenvalue weighted by atomic mass is 10.1. The predicted octanol–water partition coefficient (Wildman–Crippen LogP) is 1.49. The number of rotatable bonds is 4. The molecule has 1 aliphatic rings. The quantitative estimate of drug-likeness (QED) is 0.787. The van der Waals surface area contributed by atoms with E-state index in [1.165, 1.54) is 6.42 Å². The van der Waals surface area contributed by atoms with Crippen molar-refractivity contribution in [2.24, 2.45) is 5.92 Å². The highest BCUT2D eigenvalue weighted by Gasteiger charge is 2.23. The van der Waals surface area contributed by atoms with Crippen molar-refractivity contribution in [1.82, 2.24) is 4.72 Å². The molecule has 0 saturated heterocycles. The van der Waals surface area contributed by atoms with Crippen LogP contribution >= 0.6 is 15.9 Å². The van der Waals surface area contributed by atoms with Gasteiger partial charge in [-0.3, -0.25) is 0 Å². The molecule has 0 amide bonds. The van der Waals surface area contributed by atoms with Gasteiger partial charge in [-0.2, -0.15) is 0 Å². The zero-order chi connectivity index (χ0) is 9.90. The van der Waals surface area contributed by atoms with Gasteiger partial charge in [-0.15, -0.1) is 0 Å². The predicted molar refractivity (Wildman–Crippen MR) is 57.5 cm³/mol. The molecule has 1 saturated carbocycles. The van der Waals surface area contributed by atoms with Gasteiger partial charge in [0.15, 0.2) is 0 Å². The number of hydrogen-bond acceptors (Lipinski definition) is 2. The molecule has 1 rings (SSSR count). The molecule has 0 aromatic rings. The Balaban J connectivity index is 2.27. The van der Waals surface area contributed by atoms with Crippen LogP contribution in [-0.2, 0) is 10.0 Å². The van der Waals surface area contributed by atoms with Gasteiger partial charge in [0.05, 0.1) is 5.75 Å². The van der Waals surface area contributed by atoms with Gasteiger partial charge in [0.25, 0.3) is 0 Å². The Kier molecular flexibility index (Phi) is 4.19. The molecule has 0 spiro atoms. The molecular formula is C8H16BrNO2S. The van der Waals surface area contributed by atoms with E-state index in [1.807, 2.05) is 0 Å². The Morgan fingerprint density at radius 1 is 1.46 bits per heavy atom. The molecule has 2 unspecified atom stereocenters. The van der Waals surface area contributed by atoms with Gasteiger partial charge in [0.1, 0.15) is 0 Å². The third-order valence-corrected chi connectivity index (χ3v) is 4.65. The lowest BCUT2D eigenvalue weighted by Gasteiger charge is -2.09. The molecule has 0 radical (unpaired) electrons. The van der Waals surface area contributed by atoms with Crippen molar-refractivity contribution in [3.63, 3.8) is 0 Å². The van der Waals surface area contributed by atoms with Gasteiger partial charge in [-0.25, -0.2) is 13.1 Å². The highest BCUT2D eigenvalue weighted by Crippen LogP contribution is 2.30. The van der Waals surface area contributed by atoms with Crippen LogP contribution in [0.25, 0.3) is 0 Å². The summed E-state index contributed by atoms with van der Waals surface area (Å²) in [6, 6.07) is 0. The van der Waals surface area contributed by atoms with Crippen LogP contribution in [0, 0.1) is 5.92 Å². The van der Waals surface area contributed by atoms with E-state index < -0.39 is 10.0 Å². The van der Waals surface area contributed by atoms with Crippen LogP contribution in [0.1, 0.15) is 26.2 Å². The fourth-order valence-corrected chi connectivity index (χ4v) is 3.03. The summed E-state index contributed by atoms with van der Waals surface area (Å²) in [6.45, 7) is 2.27. The van der Waals surface area contributed by atoms with E-state index in [0.29, 0.717) is 17.3 Å². The molecule has 13 heavy (non-hydrogen) atoms. The third-order valence-electron chi connectivity index (χ3n) is 2.45. The Morgan fingerprint density at radius 2 is 2.15 bits per heavy atom.